The first-order chi connectivity index (χ1) is 9.28. The zero-order valence-electron chi connectivity index (χ0n) is 13.2. The van der Waals surface area contributed by atoms with Gasteiger partial charge in [0.05, 0.1) is 11.2 Å². The minimum absolute atomic E-state index is 0.150. The molecule has 2 rings (SSSR count). The molecule has 1 heterocycles. The topological polar surface area (TPSA) is 38.5 Å². The molecule has 112 valence electrons. The SMILES string of the molecule is CSc1cccc(N2CC(C)(C)OC(C)(C)C2)c1CN. The number of nitrogens with two attached hydrogens (primary N) is 1. The average molecular weight is 294 g/mol. The van der Waals surface area contributed by atoms with Crippen molar-refractivity contribution >= 4 is 17.4 Å². The van der Waals surface area contributed by atoms with E-state index < -0.39 is 0 Å². The highest BCUT2D eigenvalue weighted by Crippen LogP contribution is 2.35. The van der Waals surface area contributed by atoms with Crippen molar-refractivity contribution in [2.75, 3.05) is 24.2 Å². The third-order valence-corrected chi connectivity index (χ3v) is 4.39. The van der Waals surface area contributed by atoms with Crippen LogP contribution >= 0.6 is 11.8 Å². The summed E-state index contributed by atoms with van der Waals surface area (Å²) < 4.78 is 6.16. The summed E-state index contributed by atoms with van der Waals surface area (Å²) in [6.07, 6.45) is 2.10. The van der Waals surface area contributed by atoms with E-state index >= 15 is 0 Å². The second kappa shape index (κ2) is 5.58. The van der Waals surface area contributed by atoms with Gasteiger partial charge in [0.15, 0.2) is 0 Å². The fraction of sp³-hybridized carbons (Fsp3) is 0.625. The van der Waals surface area contributed by atoms with Crippen molar-refractivity contribution in [2.45, 2.75) is 50.3 Å². The Bertz CT molecular complexity index is 469. The molecule has 1 aromatic rings. The van der Waals surface area contributed by atoms with E-state index in [-0.39, 0.29) is 11.2 Å². The molecule has 1 aromatic carbocycles. The Labute approximate surface area is 126 Å². The lowest BCUT2D eigenvalue weighted by molar-refractivity contribution is -0.133. The van der Waals surface area contributed by atoms with E-state index in [1.54, 1.807) is 11.8 Å². The Morgan fingerprint density at radius 3 is 2.30 bits per heavy atom. The van der Waals surface area contributed by atoms with E-state index in [0.29, 0.717) is 6.54 Å². The van der Waals surface area contributed by atoms with Crippen LogP contribution in [0.3, 0.4) is 0 Å². The zero-order valence-corrected chi connectivity index (χ0v) is 14.0. The maximum atomic E-state index is 6.16. The molecule has 2 N–H and O–H groups in total. The molecule has 4 heteroatoms. The van der Waals surface area contributed by atoms with E-state index in [0.717, 1.165) is 13.1 Å². The average Bonchev–Trinajstić information content (AvgIpc) is 2.33. The lowest BCUT2D eigenvalue weighted by Gasteiger charge is -2.48. The summed E-state index contributed by atoms with van der Waals surface area (Å²) in [5.41, 5.74) is 8.20. The summed E-state index contributed by atoms with van der Waals surface area (Å²) in [4.78, 5) is 3.69. The number of morpholine rings is 1. The Morgan fingerprint density at radius 1 is 1.20 bits per heavy atom. The van der Waals surface area contributed by atoms with Crippen molar-refractivity contribution in [3.63, 3.8) is 0 Å². The maximum Gasteiger partial charge on any atom is 0.0808 e. The molecule has 1 saturated heterocycles. The van der Waals surface area contributed by atoms with Gasteiger partial charge >= 0.3 is 0 Å². The molecule has 0 amide bonds. The van der Waals surface area contributed by atoms with Crippen LogP contribution in [0.1, 0.15) is 33.3 Å². The lowest BCUT2D eigenvalue weighted by atomic mass is 9.97. The summed E-state index contributed by atoms with van der Waals surface area (Å²) in [6.45, 7) is 11.0. The number of hydrogen-bond donors (Lipinski definition) is 1. The molecular formula is C16H26N2OS. The fourth-order valence-corrected chi connectivity index (χ4v) is 3.85. The van der Waals surface area contributed by atoms with Crippen LogP contribution in [0.25, 0.3) is 0 Å². The highest BCUT2D eigenvalue weighted by Gasteiger charge is 2.38. The van der Waals surface area contributed by atoms with Crippen LogP contribution in [-0.4, -0.2) is 30.5 Å². The van der Waals surface area contributed by atoms with E-state index in [4.69, 9.17) is 10.5 Å². The van der Waals surface area contributed by atoms with E-state index in [1.807, 2.05) is 0 Å². The number of hydrogen-bond acceptors (Lipinski definition) is 4. The van der Waals surface area contributed by atoms with Gasteiger partial charge in [-0.25, -0.2) is 0 Å². The zero-order chi connectivity index (χ0) is 15.0. The van der Waals surface area contributed by atoms with Gasteiger partial charge in [-0.1, -0.05) is 6.07 Å². The highest BCUT2D eigenvalue weighted by atomic mass is 32.2. The van der Waals surface area contributed by atoms with Gasteiger partial charge in [-0.15, -0.1) is 11.8 Å². The maximum absolute atomic E-state index is 6.16. The van der Waals surface area contributed by atoms with Crippen LogP contribution in [0.4, 0.5) is 5.69 Å². The molecule has 0 saturated carbocycles. The second-order valence-electron chi connectivity index (χ2n) is 6.64. The van der Waals surface area contributed by atoms with Gasteiger partial charge in [-0.2, -0.15) is 0 Å². The smallest absolute Gasteiger partial charge is 0.0808 e. The number of anilines is 1. The largest absolute Gasteiger partial charge is 0.366 e. The normalized spacial score (nSPS) is 21.0. The van der Waals surface area contributed by atoms with Crippen LogP contribution in [0.2, 0.25) is 0 Å². The quantitative estimate of drug-likeness (QED) is 0.869. The monoisotopic (exact) mass is 294 g/mol. The summed E-state index contributed by atoms with van der Waals surface area (Å²) >= 11 is 1.76. The van der Waals surface area contributed by atoms with Crippen molar-refractivity contribution in [3.05, 3.63) is 23.8 Å². The Balaban J connectivity index is 2.40. The van der Waals surface area contributed by atoms with Gasteiger partial charge in [0.2, 0.25) is 0 Å². The van der Waals surface area contributed by atoms with Crippen molar-refractivity contribution in [2.24, 2.45) is 5.73 Å². The van der Waals surface area contributed by atoms with Gasteiger partial charge in [0.1, 0.15) is 0 Å². The van der Waals surface area contributed by atoms with Crippen molar-refractivity contribution in [1.29, 1.82) is 0 Å². The molecule has 0 bridgehead atoms. The minimum Gasteiger partial charge on any atom is -0.366 e. The van der Waals surface area contributed by atoms with E-state index in [2.05, 4.69) is 57.0 Å². The molecule has 1 aliphatic rings. The Kier molecular flexibility index (Phi) is 4.38. The lowest BCUT2D eigenvalue weighted by Crippen LogP contribution is -2.57. The molecule has 20 heavy (non-hydrogen) atoms. The van der Waals surface area contributed by atoms with E-state index in [1.165, 1.54) is 16.1 Å². The number of ether oxygens (including phenoxy) is 1. The highest BCUT2D eigenvalue weighted by molar-refractivity contribution is 7.98. The molecule has 0 spiro atoms. The third-order valence-electron chi connectivity index (χ3n) is 3.57. The van der Waals surface area contributed by atoms with Gasteiger partial charge in [0.25, 0.3) is 0 Å². The predicted octanol–water partition coefficient (Wildman–Crippen LogP) is 3.26. The first kappa shape index (κ1) is 15.7. The van der Waals surface area contributed by atoms with Crippen LogP contribution in [0.15, 0.2) is 23.1 Å². The second-order valence-corrected chi connectivity index (χ2v) is 7.49. The Morgan fingerprint density at radius 2 is 1.80 bits per heavy atom. The van der Waals surface area contributed by atoms with Crippen molar-refractivity contribution < 1.29 is 4.74 Å². The number of benzene rings is 1. The molecule has 0 atom stereocenters. The number of thioether (sulfide) groups is 1. The minimum atomic E-state index is -0.150. The Hall–Kier alpha value is -0.710. The first-order valence-electron chi connectivity index (χ1n) is 7.09. The molecule has 1 aliphatic heterocycles. The van der Waals surface area contributed by atoms with Crippen molar-refractivity contribution in [1.82, 2.24) is 0 Å². The van der Waals surface area contributed by atoms with Gasteiger partial charge in [-0.3, -0.25) is 0 Å². The van der Waals surface area contributed by atoms with Crippen LogP contribution in [-0.2, 0) is 11.3 Å². The molecular weight excluding hydrogens is 268 g/mol. The molecule has 3 nitrogen and oxygen atoms in total. The molecule has 0 unspecified atom stereocenters. The molecule has 0 radical (unpaired) electrons. The summed E-state index contributed by atoms with van der Waals surface area (Å²) in [5, 5.41) is 0. The van der Waals surface area contributed by atoms with Crippen LogP contribution in [0, 0.1) is 0 Å². The molecule has 1 fully saturated rings. The standard InChI is InChI=1S/C16H26N2OS/c1-15(2)10-18(11-16(3,4)19-15)13-7-6-8-14(20-5)12(13)9-17/h6-8H,9-11,17H2,1-5H3. The summed E-state index contributed by atoms with van der Waals surface area (Å²) in [7, 11) is 0. The van der Waals surface area contributed by atoms with Crippen LogP contribution in [0.5, 0.6) is 0 Å². The fourth-order valence-electron chi connectivity index (χ4n) is 3.20. The predicted molar refractivity (Wildman–Crippen MR) is 87.6 cm³/mol. The molecule has 0 aromatic heterocycles. The summed E-state index contributed by atoms with van der Waals surface area (Å²) in [5.74, 6) is 0. The third kappa shape index (κ3) is 3.30. The van der Waals surface area contributed by atoms with Crippen LogP contribution < -0.4 is 10.6 Å². The van der Waals surface area contributed by atoms with E-state index in [9.17, 15) is 0 Å². The summed E-state index contributed by atoms with van der Waals surface area (Å²) in [6, 6.07) is 6.45. The number of rotatable bonds is 3. The number of nitrogens with zero attached hydrogens (tertiary/aromatic N) is 1. The van der Waals surface area contributed by atoms with Crippen molar-refractivity contribution in [3.8, 4) is 0 Å². The first-order valence-corrected chi connectivity index (χ1v) is 8.31. The van der Waals surface area contributed by atoms with Gasteiger partial charge in [-0.05, 0) is 46.1 Å². The van der Waals surface area contributed by atoms with Gasteiger partial charge < -0.3 is 15.4 Å². The van der Waals surface area contributed by atoms with Gasteiger partial charge in [0, 0.05) is 35.8 Å². The molecule has 0 aliphatic carbocycles.